The van der Waals surface area contributed by atoms with Gasteiger partial charge in [-0.05, 0) is 30.4 Å². The molecular weight excluding hydrogens is 483 g/mol. The molecule has 1 fully saturated rings. The molecule has 0 radical (unpaired) electrons. The van der Waals surface area contributed by atoms with Gasteiger partial charge >= 0.3 is 0 Å². The smallest absolute Gasteiger partial charge is 0.269 e. The molecule has 1 atom stereocenters. The highest BCUT2D eigenvalue weighted by Crippen LogP contribution is 2.13. The van der Waals surface area contributed by atoms with Gasteiger partial charge < -0.3 is 15.4 Å². The minimum atomic E-state index is -0.396. The molecule has 0 saturated carbocycles. The Labute approximate surface area is 188 Å². The first kappa shape index (κ1) is 23.1. The van der Waals surface area contributed by atoms with Gasteiger partial charge in [0.2, 0.25) is 0 Å². The van der Waals surface area contributed by atoms with Crippen LogP contribution in [0.1, 0.15) is 24.0 Å². The fraction of sp³-hybridized carbons (Fsp3) is 0.381. The summed E-state index contributed by atoms with van der Waals surface area (Å²) in [6.07, 6.45) is 3.29. The van der Waals surface area contributed by atoms with Gasteiger partial charge in [-0.25, -0.2) is 4.99 Å². The molecule has 156 valence electrons. The number of benzene rings is 2. The third kappa shape index (κ3) is 7.98. The van der Waals surface area contributed by atoms with Gasteiger partial charge in [0.25, 0.3) is 5.69 Å². The Morgan fingerprint density at radius 3 is 2.52 bits per heavy atom. The molecule has 0 bridgehead atoms. The molecule has 0 amide bonds. The summed E-state index contributed by atoms with van der Waals surface area (Å²) in [7, 11) is 0. The van der Waals surface area contributed by atoms with Crippen LogP contribution < -0.4 is 10.6 Å². The van der Waals surface area contributed by atoms with Gasteiger partial charge in [-0.15, -0.1) is 24.0 Å². The number of guanidine groups is 1. The third-order valence-corrected chi connectivity index (χ3v) is 4.64. The van der Waals surface area contributed by atoms with E-state index in [0.717, 1.165) is 50.5 Å². The summed E-state index contributed by atoms with van der Waals surface area (Å²) in [4.78, 5) is 15.0. The zero-order chi connectivity index (χ0) is 19.6. The van der Waals surface area contributed by atoms with E-state index in [0.29, 0.717) is 6.54 Å². The monoisotopic (exact) mass is 510 g/mol. The van der Waals surface area contributed by atoms with Gasteiger partial charge in [0, 0.05) is 31.8 Å². The van der Waals surface area contributed by atoms with E-state index in [9.17, 15) is 10.1 Å². The number of non-ortho nitro benzene ring substituents is 1. The fourth-order valence-electron chi connectivity index (χ4n) is 3.05. The minimum absolute atomic E-state index is 0. The van der Waals surface area contributed by atoms with Crippen LogP contribution in [0, 0.1) is 10.1 Å². The normalized spacial score (nSPS) is 16.1. The van der Waals surface area contributed by atoms with E-state index in [4.69, 9.17) is 4.74 Å². The van der Waals surface area contributed by atoms with E-state index in [1.54, 1.807) is 12.1 Å². The molecule has 1 heterocycles. The maximum atomic E-state index is 10.8. The SMILES string of the molecule is I.O=[N+]([O-])c1ccc(CN=C(NCCc2ccccc2)NCC2CCCO2)cc1. The number of nitrogens with one attached hydrogen (secondary N) is 2. The van der Waals surface area contributed by atoms with Gasteiger partial charge in [-0.2, -0.15) is 0 Å². The summed E-state index contributed by atoms with van der Waals surface area (Å²) in [6, 6.07) is 16.8. The molecule has 8 heteroatoms. The number of nitro groups is 1. The van der Waals surface area contributed by atoms with Crippen molar-refractivity contribution in [3.63, 3.8) is 0 Å². The summed E-state index contributed by atoms with van der Waals surface area (Å²) in [5.74, 6) is 0.727. The molecule has 29 heavy (non-hydrogen) atoms. The van der Waals surface area contributed by atoms with E-state index in [1.165, 1.54) is 17.7 Å². The number of hydrogen-bond donors (Lipinski definition) is 2. The molecule has 0 spiro atoms. The molecule has 1 saturated heterocycles. The fourth-order valence-corrected chi connectivity index (χ4v) is 3.05. The van der Waals surface area contributed by atoms with Crippen LogP contribution in [-0.4, -0.2) is 36.7 Å². The first-order chi connectivity index (χ1) is 13.7. The number of nitrogens with zero attached hydrogens (tertiary/aromatic N) is 2. The van der Waals surface area contributed by atoms with Gasteiger partial charge in [0.05, 0.1) is 17.6 Å². The Balaban J connectivity index is 0.00000300. The molecular formula is C21H27IN4O3. The van der Waals surface area contributed by atoms with E-state index in [2.05, 4.69) is 27.8 Å². The predicted molar refractivity (Wildman–Crippen MR) is 125 cm³/mol. The molecule has 2 aromatic carbocycles. The first-order valence-electron chi connectivity index (χ1n) is 9.62. The lowest BCUT2D eigenvalue weighted by atomic mass is 10.1. The Morgan fingerprint density at radius 1 is 1.10 bits per heavy atom. The van der Waals surface area contributed by atoms with Crippen LogP contribution in [0.3, 0.4) is 0 Å². The molecule has 1 unspecified atom stereocenters. The van der Waals surface area contributed by atoms with Gasteiger partial charge in [-0.3, -0.25) is 10.1 Å². The van der Waals surface area contributed by atoms with Crippen LogP contribution in [-0.2, 0) is 17.7 Å². The Morgan fingerprint density at radius 2 is 1.86 bits per heavy atom. The summed E-state index contributed by atoms with van der Waals surface area (Å²) < 4.78 is 5.67. The van der Waals surface area contributed by atoms with Crippen molar-refractivity contribution in [2.24, 2.45) is 4.99 Å². The quantitative estimate of drug-likeness (QED) is 0.186. The highest BCUT2D eigenvalue weighted by molar-refractivity contribution is 14.0. The molecule has 2 N–H and O–H groups in total. The van der Waals surface area contributed by atoms with Crippen LogP contribution in [0.15, 0.2) is 59.6 Å². The van der Waals surface area contributed by atoms with Crippen molar-refractivity contribution in [2.75, 3.05) is 19.7 Å². The lowest BCUT2D eigenvalue weighted by Crippen LogP contribution is -2.41. The summed E-state index contributed by atoms with van der Waals surface area (Å²) in [5.41, 5.74) is 2.28. The number of rotatable bonds is 8. The highest BCUT2D eigenvalue weighted by atomic mass is 127. The molecule has 1 aliphatic rings. The van der Waals surface area contributed by atoms with Gasteiger partial charge in [0.1, 0.15) is 0 Å². The Kier molecular flexibility index (Phi) is 9.85. The van der Waals surface area contributed by atoms with E-state index < -0.39 is 4.92 Å². The van der Waals surface area contributed by atoms with E-state index in [1.807, 2.05) is 18.2 Å². The van der Waals surface area contributed by atoms with Crippen molar-refractivity contribution in [3.8, 4) is 0 Å². The van der Waals surface area contributed by atoms with Crippen LogP contribution in [0.25, 0.3) is 0 Å². The molecule has 1 aliphatic heterocycles. The minimum Gasteiger partial charge on any atom is -0.376 e. The van der Waals surface area contributed by atoms with Crippen molar-refractivity contribution in [2.45, 2.75) is 31.9 Å². The van der Waals surface area contributed by atoms with Crippen LogP contribution in [0.4, 0.5) is 5.69 Å². The van der Waals surface area contributed by atoms with Crippen molar-refractivity contribution in [1.29, 1.82) is 0 Å². The van der Waals surface area contributed by atoms with Gasteiger partial charge in [0.15, 0.2) is 5.96 Å². The Bertz CT molecular complexity index is 778. The van der Waals surface area contributed by atoms with E-state index in [-0.39, 0.29) is 35.8 Å². The number of halogens is 1. The van der Waals surface area contributed by atoms with Crippen molar-refractivity contribution < 1.29 is 9.66 Å². The van der Waals surface area contributed by atoms with Crippen molar-refractivity contribution in [3.05, 3.63) is 75.8 Å². The second kappa shape index (κ2) is 12.4. The zero-order valence-electron chi connectivity index (χ0n) is 16.3. The standard InChI is InChI=1S/C21H26N4O3.HI/c26-25(27)19-10-8-18(9-11-19)15-23-21(24-16-20-7-4-14-28-20)22-13-12-17-5-2-1-3-6-17;/h1-3,5-6,8-11,20H,4,7,12-16H2,(H2,22,23,24);1H. The number of aliphatic imine (C=N–C) groups is 1. The van der Waals surface area contributed by atoms with Crippen LogP contribution in [0.2, 0.25) is 0 Å². The topological polar surface area (TPSA) is 88.8 Å². The maximum Gasteiger partial charge on any atom is 0.269 e. The van der Waals surface area contributed by atoms with Crippen LogP contribution >= 0.6 is 24.0 Å². The molecule has 0 aromatic heterocycles. The predicted octanol–water partition coefficient (Wildman–Crippen LogP) is 3.67. The average Bonchev–Trinajstić information content (AvgIpc) is 3.24. The second-order valence-electron chi connectivity index (χ2n) is 6.77. The molecule has 2 aromatic rings. The number of hydrogen-bond acceptors (Lipinski definition) is 4. The lowest BCUT2D eigenvalue weighted by Gasteiger charge is -2.15. The van der Waals surface area contributed by atoms with Crippen molar-refractivity contribution >= 4 is 35.6 Å². The average molecular weight is 510 g/mol. The van der Waals surface area contributed by atoms with Gasteiger partial charge in [-0.1, -0.05) is 42.5 Å². The van der Waals surface area contributed by atoms with E-state index >= 15 is 0 Å². The molecule has 0 aliphatic carbocycles. The Hall–Kier alpha value is -2.20. The highest BCUT2D eigenvalue weighted by Gasteiger charge is 2.15. The zero-order valence-corrected chi connectivity index (χ0v) is 18.6. The largest absolute Gasteiger partial charge is 0.376 e. The van der Waals surface area contributed by atoms with Crippen molar-refractivity contribution in [1.82, 2.24) is 10.6 Å². The third-order valence-electron chi connectivity index (χ3n) is 4.64. The number of nitro benzene ring substituents is 1. The lowest BCUT2D eigenvalue weighted by molar-refractivity contribution is -0.384. The molecule has 3 rings (SSSR count). The maximum absolute atomic E-state index is 10.8. The summed E-state index contributed by atoms with van der Waals surface area (Å²) in [6.45, 7) is 2.76. The molecule has 7 nitrogen and oxygen atoms in total. The van der Waals surface area contributed by atoms with Crippen LogP contribution in [0.5, 0.6) is 0 Å². The summed E-state index contributed by atoms with van der Waals surface area (Å²) >= 11 is 0. The first-order valence-corrected chi connectivity index (χ1v) is 9.62. The second-order valence-corrected chi connectivity index (χ2v) is 6.77. The summed E-state index contributed by atoms with van der Waals surface area (Å²) in [5, 5.41) is 17.5. The number of ether oxygens (including phenoxy) is 1.